The molecule has 4 aliphatic rings. The first-order valence-electron chi connectivity index (χ1n) is 12.5. The molecule has 1 saturated carbocycles. The minimum absolute atomic E-state index is 0.0998. The number of primary amides is 1. The Labute approximate surface area is 203 Å². The molecule has 186 valence electrons. The molecule has 0 bridgehead atoms. The SMILES string of the molecule is NC(=O)C1=C(O)C[C@@H]2C[C@@H]3Cc4c(CCC5CCCCC5)ccc(O)c4C(=O)C3=C(O)[C@]2(O)C1=O. The summed E-state index contributed by atoms with van der Waals surface area (Å²) in [5.41, 5.74) is 3.67. The van der Waals surface area contributed by atoms with Gasteiger partial charge in [0.2, 0.25) is 5.78 Å². The zero-order valence-electron chi connectivity index (χ0n) is 19.5. The minimum atomic E-state index is -2.52. The molecule has 0 aliphatic heterocycles. The molecular formula is C27H31NO7. The lowest BCUT2D eigenvalue weighted by Gasteiger charge is -2.45. The van der Waals surface area contributed by atoms with E-state index in [0.717, 1.165) is 24.0 Å². The van der Waals surface area contributed by atoms with Crippen molar-refractivity contribution >= 4 is 17.5 Å². The lowest BCUT2D eigenvalue weighted by atomic mass is 9.60. The molecule has 6 N–H and O–H groups in total. The highest BCUT2D eigenvalue weighted by Crippen LogP contribution is 2.51. The lowest BCUT2D eigenvalue weighted by Crippen LogP contribution is -2.57. The van der Waals surface area contributed by atoms with Gasteiger partial charge in [0, 0.05) is 17.9 Å². The Balaban J connectivity index is 1.53. The molecule has 4 aliphatic carbocycles. The molecule has 1 amide bonds. The number of hydrogen-bond donors (Lipinski definition) is 5. The number of phenols is 1. The van der Waals surface area contributed by atoms with E-state index in [4.69, 9.17) is 5.73 Å². The molecule has 0 spiro atoms. The Kier molecular flexibility index (Phi) is 5.74. The minimum Gasteiger partial charge on any atom is -0.511 e. The Bertz CT molecular complexity index is 1190. The first kappa shape index (κ1) is 23.6. The van der Waals surface area contributed by atoms with Crippen LogP contribution in [0, 0.1) is 17.8 Å². The van der Waals surface area contributed by atoms with Crippen molar-refractivity contribution in [3.63, 3.8) is 0 Å². The molecule has 1 aromatic rings. The number of ketones is 2. The molecular weight excluding hydrogens is 450 g/mol. The summed E-state index contributed by atoms with van der Waals surface area (Å²) >= 11 is 0. The second-order valence-electron chi connectivity index (χ2n) is 10.6. The van der Waals surface area contributed by atoms with Crippen LogP contribution in [0.2, 0.25) is 0 Å². The van der Waals surface area contributed by atoms with E-state index >= 15 is 0 Å². The van der Waals surface area contributed by atoms with Crippen molar-refractivity contribution in [3.8, 4) is 5.75 Å². The summed E-state index contributed by atoms with van der Waals surface area (Å²) in [4.78, 5) is 38.3. The Morgan fingerprint density at radius 1 is 1.06 bits per heavy atom. The molecule has 1 fully saturated rings. The van der Waals surface area contributed by atoms with Gasteiger partial charge in [-0.05, 0) is 54.7 Å². The first-order chi connectivity index (χ1) is 16.6. The van der Waals surface area contributed by atoms with Crippen molar-refractivity contribution in [1.29, 1.82) is 0 Å². The Morgan fingerprint density at radius 3 is 2.46 bits per heavy atom. The number of allylic oxidation sites excluding steroid dienone is 2. The van der Waals surface area contributed by atoms with Gasteiger partial charge in [-0.3, -0.25) is 14.4 Å². The third-order valence-electron chi connectivity index (χ3n) is 8.59. The highest BCUT2D eigenvalue weighted by atomic mass is 16.3. The maximum absolute atomic E-state index is 13.6. The third-order valence-corrected chi connectivity index (χ3v) is 8.59. The molecule has 8 nitrogen and oxygen atoms in total. The number of rotatable bonds is 4. The molecule has 0 unspecified atom stereocenters. The largest absolute Gasteiger partial charge is 0.511 e. The van der Waals surface area contributed by atoms with Crippen LogP contribution < -0.4 is 5.73 Å². The van der Waals surface area contributed by atoms with E-state index in [2.05, 4.69) is 0 Å². The van der Waals surface area contributed by atoms with Gasteiger partial charge in [0.05, 0.1) is 5.56 Å². The number of aliphatic hydroxyl groups is 3. The van der Waals surface area contributed by atoms with Crippen molar-refractivity contribution in [2.45, 2.75) is 69.8 Å². The van der Waals surface area contributed by atoms with E-state index in [9.17, 15) is 34.8 Å². The molecule has 8 heteroatoms. The van der Waals surface area contributed by atoms with Crippen LogP contribution in [-0.2, 0) is 22.4 Å². The van der Waals surface area contributed by atoms with Crippen LogP contribution in [0.5, 0.6) is 5.75 Å². The van der Waals surface area contributed by atoms with E-state index in [1.165, 1.54) is 38.2 Å². The monoisotopic (exact) mass is 481 g/mol. The molecule has 35 heavy (non-hydrogen) atoms. The van der Waals surface area contributed by atoms with Crippen molar-refractivity contribution in [2.24, 2.45) is 23.5 Å². The average Bonchev–Trinajstić information content (AvgIpc) is 2.81. The lowest BCUT2D eigenvalue weighted by molar-refractivity contribution is -0.144. The van der Waals surface area contributed by atoms with Crippen LogP contribution >= 0.6 is 0 Å². The van der Waals surface area contributed by atoms with Gasteiger partial charge in [0.1, 0.15) is 22.8 Å². The number of amides is 1. The maximum atomic E-state index is 13.6. The van der Waals surface area contributed by atoms with Gasteiger partial charge in [-0.25, -0.2) is 0 Å². The number of aromatic hydroxyl groups is 1. The van der Waals surface area contributed by atoms with Crippen molar-refractivity contribution in [1.82, 2.24) is 0 Å². The highest BCUT2D eigenvalue weighted by Gasteiger charge is 2.59. The number of benzene rings is 1. The highest BCUT2D eigenvalue weighted by molar-refractivity contribution is 6.24. The topological polar surface area (TPSA) is 158 Å². The number of phenolic OH excluding ortho intramolecular Hbond substituents is 1. The van der Waals surface area contributed by atoms with Gasteiger partial charge in [0.25, 0.3) is 5.91 Å². The number of carbonyl (C=O) groups is 3. The summed E-state index contributed by atoms with van der Waals surface area (Å²) in [5, 5.41) is 43.3. The van der Waals surface area contributed by atoms with Crippen LogP contribution in [0.4, 0.5) is 0 Å². The molecule has 0 saturated heterocycles. The van der Waals surface area contributed by atoms with Crippen molar-refractivity contribution in [2.75, 3.05) is 0 Å². The number of Topliss-reactive ketones (excluding diaryl/α,β-unsaturated/α-hetero) is 2. The zero-order chi connectivity index (χ0) is 25.1. The van der Waals surface area contributed by atoms with Crippen molar-refractivity contribution in [3.05, 3.63) is 51.5 Å². The van der Waals surface area contributed by atoms with Gasteiger partial charge in [-0.1, -0.05) is 38.2 Å². The second kappa shape index (κ2) is 8.52. The van der Waals surface area contributed by atoms with Gasteiger partial charge in [0.15, 0.2) is 11.4 Å². The smallest absolute Gasteiger partial charge is 0.255 e. The summed E-state index contributed by atoms with van der Waals surface area (Å²) < 4.78 is 0. The molecule has 0 radical (unpaired) electrons. The summed E-state index contributed by atoms with van der Waals surface area (Å²) in [6.07, 6.45) is 8.28. The number of aliphatic hydroxyl groups excluding tert-OH is 2. The van der Waals surface area contributed by atoms with Crippen LogP contribution in [-0.4, -0.2) is 43.5 Å². The van der Waals surface area contributed by atoms with Crippen LogP contribution in [0.15, 0.2) is 34.8 Å². The molecule has 1 aromatic carbocycles. The number of hydrogen-bond acceptors (Lipinski definition) is 7. The first-order valence-corrected chi connectivity index (χ1v) is 12.5. The third kappa shape index (κ3) is 3.57. The number of carbonyl (C=O) groups excluding carboxylic acids is 3. The fraction of sp³-hybridized carbons (Fsp3) is 0.519. The van der Waals surface area contributed by atoms with E-state index in [0.29, 0.717) is 12.3 Å². The Hall–Kier alpha value is -3.13. The normalized spacial score (nSPS) is 29.1. The van der Waals surface area contributed by atoms with Gasteiger partial charge < -0.3 is 26.2 Å². The quantitative estimate of drug-likeness (QED) is 0.413. The van der Waals surface area contributed by atoms with E-state index < -0.39 is 52.0 Å². The second-order valence-corrected chi connectivity index (χ2v) is 10.6. The number of nitrogens with two attached hydrogens (primary N) is 1. The molecule has 0 aromatic heterocycles. The summed E-state index contributed by atoms with van der Waals surface area (Å²) in [7, 11) is 0. The fourth-order valence-electron chi connectivity index (χ4n) is 6.75. The van der Waals surface area contributed by atoms with Gasteiger partial charge in [-0.2, -0.15) is 0 Å². The number of aryl methyl sites for hydroxylation is 1. The zero-order valence-corrected chi connectivity index (χ0v) is 19.5. The van der Waals surface area contributed by atoms with Crippen molar-refractivity contribution < 1.29 is 34.8 Å². The predicted molar refractivity (Wildman–Crippen MR) is 126 cm³/mol. The van der Waals surface area contributed by atoms with E-state index in [1.54, 1.807) is 0 Å². The van der Waals surface area contributed by atoms with Gasteiger partial charge >= 0.3 is 0 Å². The predicted octanol–water partition coefficient (Wildman–Crippen LogP) is 3.09. The van der Waals surface area contributed by atoms with E-state index in [1.807, 2.05) is 6.07 Å². The fourth-order valence-corrected chi connectivity index (χ4v) is 6.75. The van der Waals surface area contributed by atoms with Gasteiger partial charge in [-0.15, -0.1) is 0 Å². The van der Waals surface area contributed by atoms with Crippen LogP contribution in [0.25, 0.3) is 0 Å². The molecule has 0 heterocycles. The standard InChI is InChI=1S/C27H31NO7/c28-26(34)22-19(30)12-16-10-15-11-17-14(7-6-13-4-2-1-3-5-13)8-9-18(29)21(17)23(31)20(15)24(32)27(16,35)25(22)33/h8-9,13,15-16,29-30,32,35H,1-7,10-12H2,(H2,28,34)/t15-,16+,27+/m1/s1. The maximum Gasteiger partial charge on any atom is 0.255 e. The van der Waals surface area contributed by atoms with E-state index in [-0.39, 0.29) is 29.7 Å². The number of fused-ring (bicyclic) bond motifs is 3. The summed E-state index contributed by atoms with van der Waals surface area (Å²) in [5.74, 6) is -5.31. The van der Waals surface area contributed by atoms with Crippen LogP contribution in [0.1, 0.15) is 72.9 Å². The summed E-state index contributed by atoms with van der Waals surface area (Å²) in [6, 6.07) is 3.35. The average molecular weight is 482 g/mol. The molecule has 3 atom stereocenters. The summed E-state index contributed by atoms with van der Waals surface area (Å²) in [6.45, 7) is 0. The van der Waals surface area contributed by atoms with Crippen LogP contribution in [0.3, 0.4) is 0 Å². The molecule has 5 rings (SSSR count). The Morgan fingerprint density at radius 2 is 1.77 bits per heavy atom.